The second kappa shape index (κ2) is 7.89. The summed E-state index contributed by atoms with van der Waals surface area (Å²) in [4.78, 5) is 16.5. The summed E-state index contributed by atoms with van der Waals surface area (Å²) in [5, 5.41) is 8.14. The van der Waals surface area contributed by atoms with Crippen LogP contribution in [0.5, 0.6) is 5.75 Å². The molecule has 0 aliphatic heterocycles. The highest BCUT2D eigenvalue weighted by Crippen LogP contribution is 2.27. The maximum absolute atomic E-state index is 12.2. The molecule has 0 saturated carbocycles. The molecule has 2 aromatic carbocycles. The summed E-state index contributed by atoms with van der Waals surface area (Å²) >= 11 is 5.99. The molecular weight excluding hydrogens is 390 g/mol. The van der Waals surface area contributed by atoms with Gasteiger partial charge in [-0.1, -0.05) is 35.9 Å². The van der Waals surface area contributed by atoms with Gasteiger partial charge in [0.2, 0.25) is 0 Å². The van der Waals surface area contributed by atoms with Crippen LogP contribution in [0.15, 0.2) is 65.5 Å². The molecule has 29 heavy (non-hydrogen) atoms. The van der Waals surface area contributed by atoms with Crippen molar-refractivity contribution in [2.24, 2.45) is 7.05 Å². The van der Waals surface area contributed by atoms with Gasteiger partial charge >= 0.3 is 5.69 Å². The zero-order valence-electron chi connectivity index (χ0n) is 15.9. The second-order valence-corrected chi connectivity index (χ2v) is 6.93. The maximum Gasteiger partial charge on any atom is 0.368 e. The van der Waals surface area contributed by atoms with Crippen molar-refractivity contribution in [3.8, 4) is 22.7 Å². The van der Waals surface area contributed by atoms with Crippen LogP contribution in [0.2, 0.25) is 5.15 Å². The zero-order chi connectivity index (χ0) is 20.4. The van der Waals surface area contributed by atoms with Gasteiger partial charge in [-0.05, 0) is 59.3 Å². The van der Waals surface area contributed by atoms with E-state index < -0.39 is 0 Å². The van der Waals surface area contributed by atoms with E-state index in [4.69, 9.17) is 16.3 Å². The number of hydrogen-bond donors (Lipinski definition) is 0. The van der Waals surface area contributed by atoms with Crippen molar-refractivity contribution >= 4 is 11.6 Å². The number of pyridine rings is 1. The summed E-state index contributed by atoms with van der Waals surface area (Å²) in [6, 6.07) is 18.8. The molecule has 0 bridgehead atoms. The Bertz CT molecular complexity index is 1230. The zero-order valence-corrected chi connectivity index (χ0v) is 16.7. The number of aryl methyl sites for hydroxylation is 2. The molecule has 0 atom stereocenters. The fourth-order valence-electron chi connectivity index (χ4n) is 3.00. The van der Waals surface area contributed by atoms with E-state index in [1.165, 1.54) is 9.36 Å². The Hall–Kier alpha value is -3.45. The van der Waals surface area contributed by atoms with Crippen LogP contribution in [-0.2, 0) is 13.7 Å². The van der Waals surface area contributed by atoms with Gasteiger partial charge < -0.3 is 4.74 Å². The van der Waals surface area contributed by atoms with E-state index in [0.29, 0.717) is 10.8 Å². The average Bonchev–Trinajstić information content (AvgIpc) is 3.06. The summed E-state index contributed by atoms with van der Waals surface area (Å²) in [6.07, 6.45) is 0. The summed E-state index contributed by atoms with van der Waals surface area (Å²) < 4.78 is 8.48. The average molecular weight is 408 g/mol. The monoisotopic (exact) mass is 407 g/mol. The fourth-order valence-corrected chi connectivity index (χ4v) is 3.16. The first-order valence-corrected chi connectivity index (χ1v) is 9.34. The quantitative estimate of drug-likeness (QED) is 0.473. The third kappa shape index (κ3) is 3.90. The van der Waals surface area contributed by atoms with E-state index in [1.54, 1.807) is 13.1 Å². The van der Waals surface area contributed by atoms with Gasteiger partial charge in [-0.25, -0.2) is 9.78 Å². The molecule has 0 saturated heterocycles. The molecule has 0 fully saturated rings. The SMILES string of the molecule is Cc1cc(-c2cccc(Cl)n2)ccc1OCc1ccccc1-n1nnn(C)c1=O. The number of halogens is 1. The molecule has 146 valence electrons. The minimum absolute atomic E-state index is 0.286. The predicted molar refractivity (Wildman–Crippen MR) is 110 cm³/mol. The van der Waals surface area contributed by atoms with Crippen LogP contribution < -0.4 is 10.4 Å². The highest BCUT2D eigenvalue weighted by Gasteiger charge is 2.12. The summed E-state index contributed by atoms with van der Waals surface area (Å²) in [5.74, 6) is 0.747. The number of hydrogen-bond acceptors (Lipinski definition) is 5. The minimum Gasteiger partial charge on any atom is -0.489 e. The number of benzene rings is 2. The van der Waals surface area contributed by atoms with Crippen LogP contribution in [0.4, 0.5) is 0 Å². The third-order valence-corrected chi connectivity index (χ3v) is 4.72. The molecule has 0 unspecified atom stereocenters. The summed E-state index contributed by atoms with van der Waals surface area (Å²) in [6.45, 7) is 2.26. The molecule has 0 radical (unpaired) electrons. The Morgan fingerprint density at radius 3 is 2.59 bits per heavy atom. The van der Waals surface area contributed by atoms with Crippen LogP contribution in [0.1, 0.15) is 11.1 Å². The standard InChI is InChI=1S/C21H18ClN5O2/c1-14-12-15(17-7-5-9-20(22)23-17)10-11-19(14)29-13-16-6-3-4-8-18(16)27-21(28)26(2)24-25-27/h3-12H,13H2,1-2H3. The molecule has 0 aliphatic carbocycles. The molecule has 0 spiro atoms. The Kier molecular flexibility index (Phi) is 5.14. The molecule has 4 aromatic rings. The first-order chi connectivity index (χ1) is 14.0. The Morgan fingerprint density at radius 2 is 1.86 bits per heavy atom. The largest absolute Gasteiger partial charge is 0.489 e. The lowest BCUT2D eigenvalue weighted by molar-refractivity contribution is 0.303. The molecule has 0 amide bonds. The second-order valence-electron chi connectivity index (χ2n) is 6.54. The topological polar surface area (TPSA) is 74.8 Å². The van der Waals surface area contributed by atoms with Crippen LogP contribution >= 0.6 is 11.6 Å². The van der Waals surface area contributed by atoms with Gasteiger partial charge in [0.15, 0.2) is 0 Å². The highest BCUT2D eigenvalue weighted by atomic mass is 35.5. The van der Waals surface area contributed by atoms with E-state index in [9.17, 15) is 4.79 Å². The molecule has 4 rings (SSSR count). The van der Waals surface area contributed by atoms with Gasteiger partial charge in [-0.15, -0.1) is 0 Å². The summed E-state index contributed by atoms with van der Waals surface area (Å²) in [7, 11) is 1.56. The van der Waals surface area contributed by atoms with Crippen molar-refractivity contribution < 1.29 is 4.74 Å². The molecule has 2 aromatic heterocycles. The summed E-state index contributed by atoms with van der Waals surface area (Å²) in [5.41, 5.74) is 3.90. The molecule has 7 nitrogen and oxygen atoms in total. The molecular formula is C21H18ClN5O2. The van der Waals surface area contributed by atoms with Gasteiger partial charge in [0.1, 0.15) is 17.5 Å². The van der Waals surface area contributed by atoms with Crippen molar-refractivity contribution in [3.05, 3.63) is 87.4 Å². The van der Waals surface area contributed by atoms with Gasteiger partial charge in [-0.2, -0.15) is 9.36 Å². The lowest BCUT2D eigenvalue weighted by Gasteiger charge is -2.13. The number of nitrogens with zero attached hydrogens (tertiary/aromatic N) is 5. The Balaban J connectivity index is 1.57. The fraction of sp³-hybridized carbons (Fsp3) is 0.143. The van der Waals surface area contributed by atoms with Crippen LogP contribution in [0.25, 0.3) is 16.9 Å². The van der Waals surface area contributed by atoms with Crippen molar-refractivity contribution in [1.82, 2.24) is 24.8 Å². The Morgan fingerprint density at radius 1 is 1.03 bits per heavy atom. The highest BCUT2D eigenvalue weighted by molar-refractivity contribution is 6.29. The van der Waals surface area contributed by atoms with E-state index >= 15 is 0 Å². The molecule has 0 aliphatic rings. The van der Waals surface area contributed by atoms with Crippen LogP contribution in [0.3, 0.4) is 0 Å². The van der Waals surface area contributed by atoms with E-state index in [1.807, 2.05) is 61.5 Å². The van der Waals surface area contributed by atoms with Crippen molar-refractivity contribution in [3.63, 3.8) is 0 Å². The first kappa shape index (κ1) is 18.9. The normalized spacial score (nSPS) is 10.9. The molecule has 0 N–H and O–H groups in total. The maximum atomic E-state index is 12.2. The van der Waals surface area contributed by atoms with Crippen LogP contribution in [-0.4, -0.2) is 24.8 Å². The number of aromatic nitrogens is 5. The van der Waals surface area contributed by atoms with E-state index in [0.717, 1.165) is 28.1 Å². The van der Waals surface area contributed by atoms with Gasteiger partial charge in [-0.3, -0.25) is 0 Å². The van der Waals surface area contributed by atoms with Gasteiger partial charge in [0.05, 0.1) is 11.4 Å². The minimum atomic E-state index is -0.313. The van der Waals surface area contributed by atoms with E-state index in [2.05, 4.69) is 15.4 Å². The number of ether oxygens (including phenoxy) is 1. The lowest BCUT2D eigenvalue weighted by atomic mass is 10.1. The van der Waals surface area contributed by atoms with Gasteiger partial charge in [0, 0.05) is 18.2 Å². The third-order valence-electron chi connectivity index (χ3n) is 4.51. The van der Waals surface area contributed by atoms with Crippen molar-refractivity contribution in [2.45, 2.75) is 13.5 Å². The van der Waals surface area contributed by atoms with E-state index in [-0.39, 0.29) is 12.3 Å². The number of rotatable bonds is 5. The van der Waals surface area contributed by atoms with Crippen molar-refractivity contribution in [2.75, 3.05) is 0 Å². The lowest BCUT2D eigenvalue weighted by Crippen LogP contribution is -2.23. The van der Waals surface area contributed by atoms with Crippen LogP contribution in [0, 0.1) is 6.92 Å². The molecule has 2 heterocycles. The number of para-hydroxylation sites is 1. The van der Waals surface area contributed by atoms with Gasteiger partial charge in [0.25, 0.3) is 0 Å². The molecule has 8 heteroatoms. The predicted octanol–water partition coefficient (Wildman–Crippen LogP) is 3.57. The smallest absolute Gasteiger partial charge is 0.368 e. The van der Waals surface area contributed by atoms with Crippen molar-refractivity contribution in [1.29, 1.82) is 0 Å². The number of tetrazole rings is 1. The Labute approximate surface area is 172 Å². The first-order valence-electron chi connectivity index (χ1n) is 8.96.